The van der Waals surface area contributed by atoms with Gasteiger partial charge in [0.05, 0.1) is 25.3 Å². The number of ether oxygens (including phenoxy) is 2. The standard InChI is InChI=1S/C25H22N2O5/c1-31-22-14-7-6-13-20(22)23(28)27-21(15-17-9-4-3-5-10-17)24(29)26-19-12-8-11-18(16-19)25(30)32-2/h3-16H,1-2H3,(H,26,29)(H,27,28). The Morgan fingerprint density at radius 1 is 0.844 bits per heavy atom. The summed E-state index contributed by atoms with van der Waals surface area (Å²) >= 11 is 0. The highest BCUT2D eigenvalue weighted by molar-refractivity contribution is 6.11. The molecule has 0 radical (unpaired) electrons. The quantitative estimate of drug-likeness (QED) is 0.438. The van der Waals surface area contributed by atoms with Crippen LogP contribution in [0.4, 0.5) is 5.69 Å². The highest BCUT2D eigenvalue weighted by atomic mass is 16.5. The van der Waals surface area contributed by atoms with Crippen molar-refractivity contribution in [3.63, 3.8) is 0 Å². The van der Waals surface area contributed by atoms with Gasteiger partial charge in [-0.2, -0.15) is 0 Å². The maximum absolute atomic E-state index is 13.0. The zero-order chi connectivity index (χ0) is 22.9. The smallest absolute Gasteiger partial charge is 0.337 e. The van der Waals surface area contributed by atoms with Gasteiger partial charge in [-0.05, 0) is 42.0 Å². The average Bonchev–Trinajstić information content (AvgIpc) is 2.83. The number of hydrogen-bond acceptors (Lipinski definition) is 5. The molecule has 7 heteroatoms. The second-order valence-electron chi connectivity index (χ2n) is 6.65. The molecule has 32 heavy (non-hydrogen) atoms. The molecule has 0 bridgehead atoms. The van der Waals surface area contributed by atoms with E-state index in [1.165, 1.54) is 20.3 Å². The Kier molecular flexibility index (Phi) is 7.37. The molecular formula is C25H22N2O5. The molecule has 162 valence electrons. The Balaban J connectivity index is 1.89. The van der Waals surface area contributed by atoms with Gasteiger partial charge in [0.2, 0.25) is 0 Å². The molecule has 0 aliphatic rings. The van der Waals surface area contributed by atoms with Crippen molar-refractivity contribution >= 4 is 29.5 Å². The van der Waals surface area contributed by atoms with Gasteiger partial charge in [-0.3, -0.25) is 9.59 Å². The number of carbonyl (C=O) groups is 3. The number of esters is 1. The maximum Gasteiger partial charge on any atom is 0.337 e. The van der Waals surface area contributed by atoms with E-state index in [2.05, 4.69) is 10.6 Å². The summed E-state index contributed by atoms with van der Waals surface area (Å²) < 4.78 is 9.96. The van der Waals surface area contributed by atoms with E-state index in [0.717, 1.165) is 5.56 Å². The van der Waals surface area contributed by atoms with Crippen LogP contribution in [-0.4, -0.2) is 32.0 Å². The van der Waals surface area contributed by atoms with Crippen molar-refractivity contribution in [3.05, 3.63) is 101 Å². The molecule has 0 aromatic heterocycles. The molecule has 0 saturated heterocycles. The molecular weight excluding hydrogens is 408 g/mol. The summed E-state index contributed by atoms with van der Waals surface area (Å²) in [6, 6.07) is 22.1. The van der Waals surface area contributed by atoms with Crippen LogP contribution >= 0.6 is 0 Å². The third kappa shape index (κ3) is 5.60. The zero-order valence-electron chi connectivity index (χ0n) is 17.6. The fraction of sp³-hybridized carbons (Fsp3) is 0.0800. The van der Waals surface area contributed by atoms with Crippen molar-refractivity contribution < 1.29 is 23.9 Å². The summed E-state index contributed by atoms with van der Waals surface area (Å²) in [5, 5.41) is 5.37. The van der Waals surface area contributed by atoms with E-state index in [-0.39, 0.29) is 16.8 Å². The molecule has 0 heterocycles. The number of amides is 2. The van der Waals surface area contributed by atoms with E-state index in [9.17, 15) is 14.4 Å². The first-order valence-electron chi connectivity index (χ1n) is 9.72. The zero-order valence-corrected chi connectivity index (χ0v) is 17.6. The highest BCUT2D eigenvalue weighted by Gasteiger charge is 2.18. The third-order valence-corrected chi connectivity index (χ3v) is 4.50. The van der Waals surface area contributed by atoms with Crippen LogP contribution in [0.5, 0.6) is 5.75 Å². The van der Waals surface area contributed by atoms with Gasteiger partial charge in [-0.25, -0.2) is 4.79 Å². The molecule has 7 nitrogen and oxygen atoms in total. The van der Waals surface area contributed by atoms with Crippen molar-refractivity contribution in [2.45, 2.75) is 0 Å². The van der Waals surface area contributed by atoms with E-state index >= 15 is 0 Å². The Hall–Kier alpha value is -4.39. The van der Waals surface area contributed by atoms with Crippen LogP contribution < -0.4 is 15.4 Å². The van der Waals surface area contributed by atoms with E-state index in [0.29, 0.717) is 11.4 Å². The normalized spacial score (nSPS) is 10.8. The van der Waals surface area contributed by atoms with Crippen LogP contribution in [0.2, 0.25) is 0 Å². The average molecular weight is 430 g/mol. The number of carbonyl (C=O) groups excluding carboxylic acids is 3. The van der Waals surface area contributed by atoms with Crippen LogP contribution in [0.15, 0.2) is 84.6 Å². The number of para-hydroxylation sites is 1. The van der Waals surface area contributed by atoms with Gasteiger partial charge >= 0.3 is 5.97 Å². The van der Waals surface area contributed by atoms with Crippen LogP contribution in [0.25, 0.3) is 6.08 Å². The first-order chi connectivity index (χ1) is 15.5. The number of rotatable bonds is 7. The maximum atomic E-state index is 13.0. The molecule has 0 atom stereocenters. The van der Waals surface area contributed by atoms with E-state index in [4.69, 9.17) is 9.47 Å². The van der Waals surface area contributed by atoms with Crippen LogP contribution in [0, 0.1) is 0 Å². The molecule has 3 rings (SSSR count). The summed E-state index contributed by atoms with van der Waals surface area (Å²) in [6.45, 7) is 0. The lowest BCUT2D eigenvalue weighted by Gasteiger charge is -2.13. The summed E-state index contributed by atoms with van der Waals surface area (Å²) in [5.41, 5.74) is 1.70. The number of benzene rings is 3. The van der Waals surface area contributed by atoms with Gasteiger partial charge in [-0.1, -0.05) is 48.5 Å². The Labute approximate surface area is 185 Å². The van der Waals surface area contributed by atoms with Crippen LogP contribution in [0.3, 0.4) is 0 Å². The predicted octanol–water partition coefficient (Wildman–Crippen LogP) is 3.89. The molecule has 0 fully saturated rings. The minimum Gasteiger partial charge on any atom is -0.496 e. The summed E-state index contributed by atoms with van der Waals surface area (Å²) in [5.74, 6) is -1.19. The summed E-state index contributed by atoms with van der Waals surface area (Å²) in [4.78, 5) is 37.7. The van der Waals surface area contributed by atoms with Gasteiger partial charge in [0.15, 0.2) is 0 Å². The van der Waals surface area contributed by atoms with E-state index in [1.807, 2.05) is 18.2 Å². The van der Waals surface area contributed by atoms with Gasteiger partial charge in [-0.15, -0.1) is 0 Å². The van der Waals surface area contributed by atoms with Gasteiger partial charge < -0.3 is 20.1 Å². The first-order valence-corrected chi connectivity index (χ1v) is 9.72. The minimum absolute atomic E-state index is 0.0237. The lowest BCUT2D eigenvalue weighted by atomic mass is 10.1. The second kappa shape index (κ2) is 10.6. The third-order valence-electron chi connectivity index (χ3n) is 4.50. The van der Waals surface area contributed by atoms with Crippen LogP contribution in [-0.2, 0) is 9.53 Å². The molecule has 0 aliphatic carbocycles. The molecule has 2 amide bonds. The summed E-state index contributed by atoms with van der Waals surface area (Å²) in [6.07, 6.45) is 1.56. The van der Waals surface area contributed by atoms with Crippen LogP contribution in [0.1, 0.15) is 26.3 Å². The highest BCUT2D eigenvalue weighted by Crippen LogP contribution is 2.18. The summed E-state index contributed by atoms with van der Waals surface area (Å²) in [7, 11) is 2.75. The molecule has 0 unspecified atom stereocenters. The lowest BCUT2D eigenvalue weighted by molar-refractivity contribution is -0.113. The number of nitrogens with one attached hydrogen (secondary N) is 2. The van der Waals surface area contributed by atoms with Crippen molar-refractivity contribution in [3.8, 4) is 5.75 Å². The van der Waals surface area contributed by atoms with Crippen molar-refractivity contribution in [2.75, 3.05) is 19.5 Å². The molecule has 3 aromatic carbocycles. The van der Waals surface area contributed by atoms with Crippen molar-refractivity contribution in [1.82, 2.24) is 5.32 Å². The molecule has 2 N–H and O–H groups in total. The Morgan fingerprint density at radius 2 is 1.56 bits per heavy atom. The van der Waals surface area contributed by atoms with E-state index in [1.54, 1.807) is 60.7 Å². The van der Waals surface area contributed by atoms with Gasteiger partial charge in [0, 0.05) is 5.69 Å². The molecule has 0 saturated carbocycles. The molecule has 0 spiro atoms. The fourth-order valence-corrected chi connectivity index (χ4v) is 2.94. The SMILES string of the molecule is COC(=O)c1cccc(NC(=O)C(=Cc2ccccc2)NC(=O)c2ccccc2OC)c1. The Morgan fingerprint density at radius 3 is 2.28 bits per heavy atom. The number of hydrogen-bond donors (Lipinski definition) is 2. The number of methoxy groups -OCH3 is 2. The second-order valence-corrected chi connectivity index (χ2v) is 6.65. The largest absolute Gasteiger partial charge is 0.496 e. The molecule has 3 aromatic rings. The van der Waals surface area contributed by atoms with Gasteiger partial charge in [0.25, 0.3) is 11.8 Å². The molecule has 0 aliphatic heterocycles. The first kappa shape index (κ1) is 22.3. The number of anilines is 1. The van der Waals surface area contributed by atoms with Crippen molar-refractivity contribution in [2.24, 2.45) is 0 Å². The monoisotopic (exact) mass is 430 g/mol. The van der Waals surface area contributed by atoms with E-state index < -0.39 is 17.8 Å². The minimum atomic E-state index is -0.556. The topological polar surface area (TPSA) is 93.7 Å². The fourth-order valence-electron chi connectivity index (χ4n) is 2.94. The van der Waals surface area contributed by atoms with Gasteiger partial charge in [0.1, 0.15) is 11.4 Å². The Bertz CT molecular complexity index is 1160. The lowest BCUT2D eigenvalue weighted by Crippen LogP contribution is -2.31. The van der Waals surface area contributed by atoms with Crippen molar-refractivity contribution in [1.29, 1.82) is 0 Å². The predicted molar refractivity (Wildman–Crippen MR) is 121 cm³/mol.